The Morgan fingerprint density at radius 3 is 2.67 bits per heavy atom. The highest BCUT2D eigenvalue weighted by Crippen LogP contribution is 2.35. The molecule has 7 heteroatoms. The second kappa shape index (κ2) is 5.28. The molecular formula is C8H8F2N2OS2. The van der Waals surface area contributed by atoms with Crippen molar-refractivity contribution in [1.82, 2.24) is 4.37 Å². The fourth-order valence-electron chi connectivity index (χ4n) is 0.814. The maximum absolute atomic E-state index is 11.9. The van der Waals surface area contributed by atoms with Gasteiger partial charge in [-0.1, -0.05) is 13.8 Å². The minimum absolute atomic E-state index is 0.0963. The van der Waals surface area contributed by atoms with Crippen LogP contribution in [-0.4, -0.2) is 16.2 Å². The number of aromatic nitrogens is 1. The zero-order chi connectivity index (χ0) is 11.4. The number of ether oxygens (including phenoxy) is 1. The van der Waals surface area contributed by atoms with Crippen LogP contribution in [0.4, 0.5) is 8.78 Å². The van der Waals surface area contributed by atoms with Crippen molar-refractivity contribution < 1.29 is 13.5 Å². The molecule has 0 N–H and O–H groups in total. The van der Waals surface area contributed by atoms with Gasteiger partial charge in [-0.25, -0.2) is 0 Å². The molecule has 0 saturated carbocycles. The summed E-state index contributed by atoms with van der Waals surface area (Å²) in [5.41, 5.74) is 0.0963. The Hall–Kier alpha value is -0.870. The van der Waals surface area contributed by atoms with Gasteiger partial charge < -0.3 is 4.74 Å². The van der Waals surface area contributed by atoms with Crippen molar-refractivity contribution in [2.45, 2.75) is 29.9 Å². The number of hydrogen-bond acceptors (Lipinski definition) is 5. The Morgan fingerprint density at radius 2 is 2.20 bits per heavy atom. The van der Waals surface area contributed by atoms with Gasteiger partial charge in [0, 0.05) is 5.25 Å². The average Bonchev–Trinajstić information content (AvgIpc) is 2.45. The Morgan fingerprint density at radius 1 is 1.53 bits per heavy atom. The van der Waals surface area contributed by atoms with Crippen molar-refractivity contribution in [3.8, 4) is 11.9 Å². The van der Waals surface area contributed by atoms with Crippen LogP contribution in [-0.2, 0) is 0 Å². The normalized spacial score (nSPS) is 10.7. The SMILES string of the molecule is CC(C)Sc1snc(OC(F)F)c1C#N. The lowest BCUT2D eigenvalue weighted by Gasteiger charge is -2.02. The number of rotatable bonds is 4. The van der Waals surface area contributed by atoms with E-state index in [9.17, 15) is 8.78 Å². The summed E-state index contributed by atoms with van der Waals surface area (Å²) in [6.45, 7) is 0.939. The van der Waals surface area contributed by atoms with Crippen LogP contribution in [0.3, 0.4) is 0 Å². The maximum atomic E-state index is 11.9. The van der Waals surface area contributed by atoms with Gasteiger partial charge in [0.25, 0.3) is 0 Å². The minimum atomic E-state index is -2.95. The van der Waals surface area contributed by atoms with E-state index in [-0.39, 0.29) is 16.7 Å². The van der Waals surface area contributed by atoms with Crippen LogP contribution in [0.1, 0.15) is 19.4 Å². The van der Waals surface area contributed by atoms with Gasteiger partial charge in [-0.05, 0) is 11.5 Å². The zero-order valence-electron chi connectivity index (χ0n) is 8.03. The number of halogens is 2. The smallest absolute Gasteiger partial charge is 0.388 e. The van der Waals surface area contributed by atoms with Gasteiger partial charge in [0.05, 0.1) is 0 Å². The van der Waals surface area contributed by atoms with E-state index in [0.717, 1.165) is 11.5 Å². The fourth-order valence-corrected chi connectivity index (χ4v) is 2.88. The summed E-state index contributed by atoms with van der Waals surface area (Å²) in [6.07, 6.45) is 0. The lowest BCUT2D eigenvalue weighted by Crippen LogP contribution is -2.03. The molecule has 15 heavy (non-hydrogen) atoms. The number of thioether (sulfide) groups is 1. The molecule has 82 valence electrons. The van der Waals surface area contributed by atoms with E-state index in [1.54, 1.807) is 0 Å². The molecule has 1 aromatic heterocycles. The summed E-state index contributed by atoms with van der Waals surface area (Å²) in [5, 5.41) is 9.05. The monoisotopic (exact) mass is 250 g/mol. The summed E-state index contributed by atoms with van der Waals surface area (Å²) in [4.78, 5) is 0. The minimum Gasteiger partial charge on any atom is -0.414 e. The van der Waals surface area contributed by atoms with Crippen LogP contribution in [0.2, 0.25) is 0 Å². The van der Waals surface area contributed by atoms with Crippen molar-refractivity contribution in [1.29, 1.82) is 5.26 Å². The first-order valence-electron chi connectivity index (χ1n) is 4.05. The molecule has 0 aromatic carbocycles. The average molecular weight is 250 g/mol. The van der Waals surface area contributed by atoms with Crippen LogP contribution in [0, 0.1) is 11.3 Å². The molecule has 1 rings (SSSR count). The Kier molecular flexibility index (Phi) is 4.29. The van der Waals surface area contributed by atoms with Crippen LogP contribution in [0.25, 0.3) is 0 Å². The molecule has 0 aliphatic heterocycles. The van der Waals surface area contributed by atoms with Crippen LogP contribution in [0.15, 0.2) is 4.21 Å². The summed E-state index contributed by atoms with van der Waals surface area (Å²) in [7, 11) is 0. The Balaban J connectivity index is 2.91. The lowest BCUT2D eigenvalue weighted by molar-refractivity contribution is -0.0524. The van der Waals surface area contributed by atoms with E-state index in [0.29, 0.717) is 4.21 Å². The Labute approximate surface area is 94.2 Å². The van der Waals surface area contributed by atoms with Crippen LogP contribution < -0.4 is 4.74 Å². The number of hydrogen-bond donors (Lipinski definition) is 0. The molecule has 0 radical (unpaired) electrons. The molecule has 0 unspecified atom stereocenters. The van der Waals surface area contributed by atoms with E-state index >= 15 is 0 Å². The number of nitrogens with zero attached hydrogens (tertiary/aromatic N) is 2. The van der Waals surface area contributed by atoms with Crippen LogP contribution in [0.5, 0.6) is 5.88 Å². The first kappa shape index (κ1) is 12.2. The summed E-state index contributed by atoms with van der Waals surface area (Å²) in [6, 6.07) is 1.82. The lowest BCUT2D eigenvalue weighted by atomic mass is 10.4. The molecule has 0 amide bonds. The van der Waals surface area contributed by atoms with Gasteiger partial charge in [-0.2, -0.15) is 18.4 Å². The van der Waals surface area contributed by atoms with E-state index in [1.165, 1.54) is 11.8 Å². The molecule has 1 heterocycles. The highest BCUT2D eigenvalue weighted by atomic mass is 32.2. The molecular weight excluding hydrogens is 242 g/mol. The van der Waals surface area contributed by atoms with Crippen molar-refractivity contribution in [2.24, 2.45) is 0 Å². The molecule has 0 bridgehead atoms. The number of alkyl halides is 2. The first-order valence-corrected chi connectivity index (χ1v) is 5.71. The van der Waals surface area contributed by atoms with Gasteiger partial charge in [0.1, 0.15) is 15.8 Å². The summed E-state index contributed by atoms with van der Waals surface area (Å²) < 4.78 is 32.3. The highest BCUT2D eigenvalue weighted by Gasteiger charge is 2.19. The van der Waals surface area contributed by atoms with E-state index in [1.807, 2.05) is 19.9 Å². The van der Waals surface area contributed by atoms with Crippen molar-refractivity contribution in [2.75, 3.05) is 0 Å². The second-order valence-corrected chi connectivity index (χ2v) is 5.43. The largest absolute Gasteiger partial charge is 0.414 e. The van der Waals surface area contributed by atoms with E-state index < -0.39 is 6.61 Å². The van der Waals surface area contributed by atoms with Gasteiger partial charge in [0.15, 0.2) is 0 Å². The second-order valence-electron chi connectivity index (χ2n) is 2.81. The molecule has 0 aliphatic carbocycles. The third-order valence-electron chi connectivity index (χ3n) is 1.28. The number of nitriles is 1. The predicted molar refractivity (Wildman–Crippen MR) is 54.5 cm³/mol. The molecule has 3 nitrogen and oxygen atoms in total. The fraction of sp³-hybridized carbons (Fsp3) is 0.500. The van der Waals surface area contributed by atoms with Crippen molar-refractivity contribution in [3.63, 3.8) is 0 Å². The Bertz CT molecular complexity index is 346. The zero-order valence-corrected chi connectivity index (χ0v) is 9.66. The quantitative estimate of drug-likeness (QED) is 0.770. The van der Waals surface area contributed by atoms with Crippen molar-refractivity contribution in [3.05, 3.63) is 5.56 Å². The topological polar surface area (TPSA) is 45.9 Å². The van der Waals surface area contributed by atoms with Gasteiger partial charge in [-0.15, -0.1) is 11.8 Å². The van der Waals surface area contributed by atoms with Gasteiger partial charge >= 0.3 is 6.61 Å². The third-order valence-corrected chi connectivity index (χ3v) is 3.31. The summed E-state index contributed by atoms with van der Waals surface area (Å²) in [5.74, 6) is -0.277. The third kappa shape index (κ3) is 3.32. The van der Waals surface area contributed by atoms with Crippen LogP contribution >= 0.6 is 23.3 Å². The molecule has 0 fully saturated rings. The van der Waals surface area contributed by atoms with E-state index in [2.05, 4.69) is 9.11 Å². The van der Waals surface area contributed by atoms with Gasteiger partial charge in [-0.3, -0.25) is 0 Å². The predicted octanol–water partition coefficient (Wildman–Crippen LogP) is 3.12. The highest BCUT2D eigenvalue weighted by molar-refractivity contribution is 8.01. The molecule has 0 atom stereocenters. The molecule has 1 aromatic rings. The standard InChI is InChI=1S/C8H8F2N2OS2/c1-4(2)14-7-5(3-11)6(12-15-7)13-8(9)10/h4,8H,1-2H3. The summed E-state index contributed by atoms with van der Waals surface area (Å²) >= 11 is 2.41. The maximum Gasteiger partial charge on any atom is 0.388 e. The van der Waals surface area contributed by atoms with E-state index in [4.69, 9.17) is 5.26 Å². The molecule has 0 aliphatic rings. The first-order chi connectivity index (χ1) is 7.04. The molecule has 0 spiro atoms. The molecule has 0 saturated heterocycles. The van der Waals surface area contributed by atoms with Crippen molar-refractivity contribution >= 4 is 23.3 Å². The van der Waals surface area contributed by atoms with Gasteiger partial charge in [0.2, 0.25) is 5.88 Å².